The number of hydrogen-bond acceptors (Lipinski definition) is 3. The maximum atomic E-state index is 11.9. The van der Waals surface area contributed by atoms with E-state index in [0.717, 1.165) is 0 Å². The summed E-state index contributed by atoms with van der Waals surface area (Å²) in [5.41, 5.74) is 6.19. The number of hydrogen-bond donors (Lipinski definition) is 3. The van der Waals surface area contributed by atoms with Gasteiger partial charge >= 0.3 is 5.97 Å². The Labute approximate surface area is 80.5 Å². The van der Waals surface area contributed by atoms with E-state index in [1.54, 1.807) is 12.1 Å². The molecule has 0 radical (unpaired) electrons. The molecule has 0 saturated heterocycles. The van der Waals surface area contributed by atoms with Gasteiger partial charge in [-0.1, -0.05) is 6.07 Å². The number of carbonyl (C=O) groups is 1. The second kappa shape index (κ2) is 4.45. The molecule has 1 aromatic carbocycles. The Morgan fingerprint density at radius 2 is 2.29 bits per heavy atom. The number of carboxylic acids is 1. The molecule has 0 aliphatic heterocycles. The van der Waals surface area contributed by atoms with E-state index in [0.29, 0.717) is 5.69 Å². The number of alkyl halides is 1. The Kier molecular flexibility index (Phi) is 3.28. The molecule has 0 aromatic heterocycles. The number of halogens is 1. The van der Waals surface area contributed by atoms with Crippen molar-refractivity contribution in [1.82, 2.24) is 0 Å². The molecule has 4 nitrogen and oxygen atoms in total. The van der Waals surface area contributed by atoms with E-state index in [-0.39, 0.29) is 17.8 Å². The number of anilines is 2. The summed E-state index contributed by atoms with van der Waals surface area (Å²) in [6.45, 7) is -0.526. The van der Waals surface area contributed by atoms with E-state index >= 15 is 0 Å². The van der Waals surface area contributed by atoms with Crippen LogP contribution in [0, 0.1) is 0 Å². The van der Waals surface area contributed by atoms with Gasteiger partial charge in [-0.3, -0.25) is 0 Å². The third-order valence-corrected chi connectivity index (χ3v) is 1.72. The van der Waals surface area contributed by atoms with Crippen molar-refractivity contribution in [3.63, 3.8) is 0 Å². The molecule has 0 bridgehead atoms. The fourth-order valence-electron chi connectivity index (χ4n) is 1.12. The summed E-state index contributed by atoms with van der Waals surface area (Å²) in [5, 5.41) is 11.4. The molecule has 4 N–H and O–H groups in total. The number of benzene rings is 1. The Bertz CT molecular complexity index is 342. The minimum Gasteiger partial charge on any atom is -0.478 e. The van der Waals surface area contributed by atoms with Gasteiger partial charge < -0.3 is 16.2 Å². The van der Waals surface area contributed by atoms with Crippen LogP contribution < -0.4 is 11.1 Å². The zero-order valence-corrected chi connectivity index (χ0v) is 7.46. The number of nitrogen functional groups attached to an aromatic ring is 1. The third kappa shape index (κ3) is 2.12. The number of aromatic carboxylic acids is 1. The summed E-state index contributed by atoms with van der Waals surface area (Å²) in [5.74, 6) is -1.08. The van der Waals surface area contributed by atoms with E-state index in [4.69, 9.17) is 10.8 Å². The van der Waals surface area contributed by atoms with Crippen molar-refractivity contribution in [3.05, 3.63) is 23.8 Å². The molecule has 0 spiro atoms. The molecule has 0 unspecified atom stereocenters. The lowest BCUT2D eigenvalue weighted by molar-refractivity contribution is 0.0698. The Hall–Kier alpha value is -1.78. The average Bonchev–Trinajstić information content (AvgIpc) is 2.15. The van der Waals surface area contributed by atoms with Gasteiger partial charge in [0, 0.05) is 6.54 Å². The van der Waals surface area contributed by atoms with Crippen molar-refractivity contribution < 1.29 is 14.3 Å². The van der Waals surface area contributed by atoms with E-state index in [1.807, 2.05) is 0 Å². The summed E-state index contributed by atoms with van der Waals surface area (Å²) >= 11 is 0. The van der Waals surface area contributed by atoms with E-state index < -0.39 is 12.6 Å². The zero-order chi connectivity index (χ0) is 10.6. The largest absolute Gasteiger partial charge is 0.478 e. The monoisotopic (exact) mass is 198 g/mol. The Morgan fingerprint density at radius 1 is 1.57 bits per heavy atom. The normalized spacial score (nSPS) is 9.79. The van der Waals surface area contributed by atoms with Gasteiger partial charge in [-0.25, -0.2) is 9.18 Å². The molecule has 1 aromatic rings. The molecule has 0 heterocycles. The van der Waals surface area contributed by atoms with Gasteiger partial charge in [-0.15, -0.1) is 0 Å². The molecular formula is C9H11FN2O2. The van der Waals surface area contributed by atoms with Gasteiger partial charge in [0.2, 0.25) is 0 Å². The van der Waals surface area contributed by atoms with E-state index in [9.17, 15) is 9.18 Å². The number of para-hydroxylation sites is 1. The highest BCUT2D eigenvalue weighted by molar-refractivity contribution is 5.97. The summed E-state index contributed by atoms with van der Waals surface area (Å²) < 4.78 is 11.9. The number of carboxylic acid groups (broad SMARTS) is 1. The van der Waals surface area contributed by atoms with Crippen LogP contribution in [-0.4, -0.2) is 24.3 Å². The zero-order valence-electron chi connectivity index (χ0n) is 7.46. The predicted molar refractivity (Wildman–Crippen MR) is 52.3 cm³/mol. The SMILES string of the molecule is Nc1cccc(C(=O)O)c1NCCF. The number of nitrogens with two attached hydrogens (primary N) is 1. The molecule has 14 heavy (non-hydrogen) atoms. The lowest BCUT2D eigenvalue weighted by atomic mass is 10.1. The molecule has 0 fully saturated rings. The maximum Gasteiger partial charge on any atom is 0.337 e. The van der Waals surface area contributed by atoms with Gasteiger partial charge in [0.1, 0.15) is 6.67 Å². The topological polar surface area (TPSA) is 75.4 Å². The van der Waals surface area contributed by atoms with Crippen LogP contribution in [-0.2, 0) is 0 Å². The van der Waals surface area contributed by atoms with Crippen molar-refractivity contribution >= 4 is 17.3 Å². The highest BCUT2D eigenvalue weighted by Gasteiger charge is 2.11. The molecular weight excluding hydrogens is 187 g/mol. The van der Waals surface area contributed by atoms with Gasteiger partial charge in [0.05, 0.1) is 16.9 Å². The van der Waals surface area contributed by atoms with Crippen LogP contribution in [0.2, 0.25) is 0 Å². The minimum absolute atomic E-state index is 0.0501. The third-order valence-electron chi connectivity index (χ3n) is 1.72. The summed E-state index contributed by atoms with van der Waals surface area (Å²) in [6.07, 6.45) is 0. The molecule has 1 rings (SSSR count). The second-order valence-corrected chi connectivity index (χ2v) is 2.69. The van der Waals surface area contributed by atoms with Crippen LogP contribution in [0.5, 0.6) is 0 Å². The molecule has 0 saturated carbocycles. The second-order valence-electron chi connectivity index (χ2n) is 2.69. The van der Waals surface area contributed by atoms with Crippen LogP contribution in [0.1, 0.15) is 10.4 Å². The lowest BCUT2D eigenvalue weighted by Gasteiger charge is -2.10. The van der Waals surface area contributed by atoms with Crippen LogP contribution in [0.25, 0.3) is 0 Å². The molecule has 0 aliphatic rings. The summed E-state index contributed by atoms with van der Waals surface area (Å²) in [6, 6.07) is 4.52. The highest BCUT2D eigenvalue weighted by Crippen LogP contribution is 2.22. The summed E-state index contributed by atoms with van der Waals surface area (Å²) in [7, 11) is 0. The first-order valence-corrected chi connectivity index (χ1v) is 4.08. The Balaban J connectivity index is 3.02. The van der Waals surface area contributed by atoms with Gasteiger partial charge in [0.25, 0.3) is 0 Å². The first kappa shape index (κ1) is 10.3. The number of rotatable bonds is 4. The van der Waals surface area contributed by atoms with Gasteiger partial charge in [-0.2, -0.15) is 0 Å². The van der Waals surface area contributed by atoms with Crippen LogP contribution in [0.15, 0.2) is 18.2 Å². The van der Waals surface area contributed by atoms with Crippen molar-refractivity contribution in [2.75, 3.05) is 24.3 Å². The quantitative estimate of drug-likeness (QED) is 0.638. The fourth-order valence-corrected chi connectivity index (χ4v) is 1.12. The average molecular weight is 198 g/mol. The lowest BCUT2D eigenvalue weighted by Crippen LogP contribution is -2.10. The molecule has 0 amide bonds. The maximum absolute atomic E-state index is 11.9. The predicted octanol–water partition coefficient (Wildman–Crippen LogP) is 1.35. The van der Waals surface area contributed by atoms with E-state index in [1.165, 1.54) is 6.07 Å². The minimum atomic E-state index is -1.08. The van der Waals surface area contributed by atoms with Crippen molar-refractivity contribution in [2.45, 2.75) is 0 Å². The van der Waals surface area contributed by atoms with Crippen molar-refractivity contribution in [2.24, 2.45) is 0 Å². The fraction of sp³-hybridized carbons (Fsp3) is 0.222. The first-order chi connectivity index (χ1) is 6.66. The molecule has 5 heteroatoms. The van der Waals surface area contributed by atoms with E-state index in [2.05, 4.69) is 5.32 Å². The molecule has 0 aliphatic carbocycles. The first-order valence-electron chi connectivity index (χ1n) is 4.08. The van der Waals surface area contributed by atoms with Crippen molar-refractivity contribution in [1.29, 1.82) is 0 Å². The molecule has 0 atom stereocenters. The highest BCUT2D eigenvalue weighted by atomic mass is 19.1. The van der Waals surface area contributed by atoms with Crippen LogP contribution >= 0.6 is 0 Å². The molecule has 76 valence electrons. The number of nitrogens with one attached hydrogen (secondary N) is 1. The van der Waals surface area contributed by atoms with Gasteiger partial charge in [0.15, 0.2) is 0 Å². The standard InChI is InChI=1S/C9H11FN2O2/c10-4-5-12-8-6(9(13)14)2-1-3-7(8)11/h1-3,12H,4-5,11H2,(H,13,14). The van der Waals surface area contributed by atoms with Crippen molar-refractivity contribution in [3.8, 4) is 0 Å². The Morgan fingerprint density at radius 3 is 2.86 bits per heavy atom. The smallest absolute Gasteiger partial charge is 0.337 e. The summed E-state index contributed by atoms with van der Waals surface area (Å²) in [4.78, 5) is 10.7. The van der Waals surface area contributed by atoms with Gasteiger partial charge in [-0.05, 0) is 12.1 Å². The van der Waals surface area contributed by atoms with Crippen LogP contribution in [0.4, 0.5) is 15.8 Å². The van der Waals surface area contributed by atoms with Crippen LogP contribution in [0.3, 0.4) is 0 Å².